The quantitative estimate of drug-likeness (QED) is 0.513. The van der Waals surface area contributed by atoms with Crippen molar-refractivity contribution < 1.29 is 4.92 Å². The molecule has 0 fully saturated rings. The highest BCUT2D eigenvalue weighted by Crippen LogP contribution is 2.31. The molecule has 1 aliphatic heterocycles. The molecule has 2 aromatic rings. The number of benzene rings is 1. The molecule has 0 unspecified atom stereocenters. The molecule has 2 N–H and O–H groups in total. The number of aromatic nitrogens is 1. The Balaban J connectivity index is 1.99. The molecule has 1 aromatic heterocycles. The summed E-state index contributed by atoms with van der Waals surface area (Å²) < 4.78 is 0. The van der Waals surface area contributed by atoms with Crippen LogP contribution < -0.4 is 10.6 Å². The van der Waals surface area contributed by atoms with E-state index in [1.807, 2.05) is 17.0 Å². The molecule has 2 heterocycles. The van der Waals surface area contributed by atoms with Crippen molar-refractivity contribution in [1.82, 2.24) is 4.98 Å². The summed E-state index contributed by atoms with van der Waals surface area (Å²) in [7, 11) is 0. The van der Waals surface area contributed by atoms with Crippen molar-refractivity contribution in [2.75, 3.05) is 17.2 Å². The molecule has 3 rings (SSSR count). The Morgan fingerprint density at radius 1 is 1.30 bits per heavy atom. The number of nitro groups is 1. The van der Waals surface area contributed by atoms with Gasteiger partial charge in [0.15, 0.2) is 0 Å². The van der Waals surface area contributed by atoms with Crippen molar-refractivity contribution in [2.24, 2.45) is 0 Å². The first-order valence-corrected chi connectivity index (χ1v) is 6.37. The number of nitrogens with zero attached hydrogens (tertiary/aromatic N) is 3. The van der Waals surface area contributed by atoms with Crippen molar-refractivity contribution in [3.8, 4) is 0 Å². The number of nitrogens with two attached hydrogens (primary N) is 1. The molecular weight excluding hydrogens is 256 g/mol. The molecule has 0 spiro atoms. The van der Waals surface area contributed by atoms with E-state index in [0.29, 0.717) is 12.2 Å². The van der Waals surface area contributed by atoms with Crippen LogP contribution in [0.15, 0.2) is 36.5 Å². The molecule has 0 amide bonds. The van der Waals surface area contributed by atoms with Crippen LogP contribution in [0.1, 0.15) is 11.1 Å². The molecule has 0 aliphatic carbocycles. The predicted molar refractivity (Wildman–Crippen MR) is 76.5 cm³/mol. The molecule has 102 valence electrons. The summed E-state index contributed by atoms with van der Waals surface area (Å²) in [5, 5.41) is 11.1. The SMILES string of the molecule is Nc1cccc2c1CN(c1cccnc1[N+](=O)[O-])CC2. The Kier molecular flexibility index (Phi) is 2.98. The average Bonchev–Trinajstić information content (AvgIpc) is 2.47. The number of anilines is 2. The Bertz CT molecular complexity index is 672. The molecule has 6 heteroatoms. The smallest absolute Gasteiger partial charge is 0.387 e. The zero-order valence-corrected chi connectivity index (χ0v) is 10.8. The van der Waals surface area contributed by atoms with E-state index in [4.69, 9.17) is 5.73 Å². The van der Waals surface area contributed by atoms with Gasteiger partial charge in [-0.2, -0.15) is 0 Å². The summed E-state index contributed by atoms with van der Waals surface area (Å²) in [6.07, 6.45) is 2.26. The van der Waals surface area contributed by atoms with E-state index in [2.05, 4.69) is 11.1 Å². The minimum Gasteiger partial charge on any atom is -0.398 e. The van der Waals surface area contributed by atoms with Crippen molar-refractivity contribution in [2.45, 2.75) is 13.0 Å². The fraction of sp³-hybridized carbons (Fsp3) is 0.214. The molecule has 1 aromatic carbocycles. The number of fused-ring (bicyclic) bond motifs is 1. The fourth-order valence-electron chi connectivity index (χ4n) is 2.59. The standard InChI is InChI=1S/C14H14N4O2/c15-12-4-1-3-10-6-8-17(9-11(10)12)13-5-2-7-16-14(13)18(19)20/h1-5,7H,6,8-9,15H2. The summed E-state index contributed by atoms with van der Waals surface area (Å²) in [6, 6.07) is 9.30. The highest BCUT2D eigenvalue weighted by atomic mass is 16.6. The number of hydrogen-bond donors (Lipinski definition) is 1. The summed E-state index contributed by atoms with van der Waals surface area (Å²) in [5.41, 5.74) is 9.55. The lowest BCUT2D eigenvalue weighted by Gasteiger charge is -2.30. The third-order valence-electron chi connectivity index (χ3n) is 3.59. The Hall–Kier alpha value is -2.63. The van der Waals surface area contributed by atoms with Gasteiger partial charge in [-0.05, 0) is 45.7 Å². The summed E-state index contributed by atoms with van der Waals surface area (Å²) in [4.78, 5) is 16.4. The summed E-state index contributed by atoms with van der Waals surface area (Å²) in [5.74, 6) is -0.106. The zero-order valence-electron chi connectivity index (χ0n) is 10.8. The maximum atomic E-state index is 11.1. The molecular formula is C14H14N4O2. The van der Waals surface area contributed by atoms with Gasteiger partial charge in [-0.3, -0.25) is 0 Å². The topological polar surface area (TPSA) is 85.3 Å². The highest BCUT2D eigenvalue weighted by molar-refractivity contribution is 5.62. The van der Waals surface area contributed by atoms with Crippen molar-refractivity contribution in [3.05, 3.63) is 57.8 Å². The lowest BCUT2D eigenvalue weighted by molar-refractivity contribution is -0.388. The van der Waals surface area contributed by atoms with E-state index in [-0.39, 0.29) is 5.82 Å². The van der Waals surface area contributed by atoms with Crippen LogP contribution in [0, 0.1) is 10.1 Å². The largest absolute Gasteiger partial charge is 0.398 e. The lowest BCUT2D eigenvalue weighted by Crippen LogP contribution is -2.31. The van der Waals surface area contributed by atoms with Crippen molar-refractivity contribution in [3.63, 3.8) is 0 Å². The lowest BCUT2D eigenvalue weighted by atomic mass is 9.98. The van der Waals surface area contributed by atoms with E-state index < -0.39 is 4.92 Å². The van der Waals surface area contributed by atoms with E-state index in [9.17, 15) is 10.1 Å². The first-order valence-electron chi connectivity index (χ1n) is 6.37. The maximum absolute atomic E-state index is 11.1. The first kappa shape index (κ1) is 12.4. The van der Waals surface area contributed by atoms with Crippen molar-refractivity contribution >= 4 is 17.2 Å². The van der Waals surface area contributed by atoms with Gasteiger partial charge >= 0.3 is 5.82 Å². The minimum atomic E-state index is -0.445. The van der Waals surface area contributed by atoms with Gasteiger partial charge in [-0.25, -0.2) is 0 Å². The predicted octanol–water partition coefficient (Wildman–Crippen LogP) is 2.13. The summed E-state index contributed by atoms with van der Waals surface area (Å²) >= 11 is 0. The van der Waals surface area contributed by atoms with Crippen molar-refractivity contribution in [1.29, 1.82) is 0 Å². The summed E-state index contributed by atoms with van der Waals surface area (Å²) in [6.45, 7) is 1.30. The van der Waals surface area contributed by atoms with E-state index >= 15 is 0 Å². The van der Waals surface area contributed by atoms with Gasteiger partial charge in [0.2, 0.25) is 0 Å². The molecule has 6 nitrogen and oxygen atoms in total. The monoisotopic (exact) mass is 270 g/mol. The van der Waals surface area contributed by atoms with Crippen LogP contribution in [0.5, 0.6) is 0 Å². The number of hydrogen-bond acceptors (Lipinski definition) is 5. The van der Waals surface area contributed by atoms with Crippen LogP contribution in [0.25, 0.3) is 0 Å². The van der Waals surface area contributed by atoms with E-state index in [1.165, 1.54) is 11.8 Å². The van der Waals surface area contributed by atoms with Gasteiger partial charge in [0.25, 0.3) is 0 Å². The van der Waals surface area contributed by atoms with Gasteiger partial charge < -0.3 is 20.7 Å². The van der Waals surface area contributed by atoms with Crippen LogP contribution in [0.3, 0.4) is 0 Å². The second kappa shape index (κ2) is 4.80. The molecule has 0 bridgehead atoms. The average molecular weight is 270 g/mol. The second-order valence-electron chi connectivity index (χ2n) is 4.76. The van der Waals surface area contributed by atoms with Crippen LogP contribution in [-0.2, 0) is 13.0 Å². The fourth-order valence-corrected chi connectivity index (χ4v) is 2.59. The molecule has 0 saturated carbocycles. The van der Waals surface area contributed by atoms with Gasteiger partial charge in [-0.1, -0.05) is 12.1 Å². The zero-order chi connectivity index (χ0) is 14.1. The Morgan fingerprint density at radius 2 is 2.15 bits per heavy atom. The first-order chi connectivity index (χ1) is 9.66. The van der Waals surface area contributed by atoms with E-state index in [1.54, 1.807) is 12.1 Å². The molecule has 0 radical (unpaired) electrons. The third kappa shape index (κ3) is 2.05. The number of rotatable bonds is 2. The third-order valence-corrected chi connectivity index (χ3v) is 3.59. The van der Waals surface area contributed by atoms with Gasteiger partial charge in [0, 0.05) is 18.8 Å². The van der Waals surface area contributed by atoms with E-state index in [0.717, 1.165) is 24.2 Å². The Labute approximate surface area is 116 Å². The number of pyridine rings is 1. The van der Waals surface area contributed by atoms with Crippen LogP contribution in [0.2, 0.25) is 0 Å². The molecule has 0 atom stereocenters. The molecule has 0 saturated heterocycles. The maximum Gasteiger partial charge on any atom is 0.387 e. The highest BCUT2D eigenvalue weighted by Gasteiger charge is 2.24. The normalized spacial score (nSPS) is 13.9. The molecule has 20 heavy (non-hydrogen) atoms. The van der Waals surface area contributed by atoms with Crippen LogP contribution >= 0.6 is 0 Å². The minimum absolute atomic E-state index is 0.106. The van der Waals surface area contributed by atoms with Gasteiger partial charge in [-0.15, -0.1) is 0 Å². The van der Waals surface area contributed by atoms with Gasteiger partial charge in [0.1, 0.15) is 11.9 Å². The number of nitrogen functional groups attached to an aromatic ring is 1. The molecule has 1 aliphatic rings. The second-order valence-corrected chi connectivity index (χ2v) is 4.76. The van der Waals surface area contributed by atoms with Crippen LogP contribution in [0.4, 0.5) is 17.2 Å². The van der Waals surface area contributed by atoms with Gasteiger partial charge in [0.05, 0.1) is 0 Å². The Morgan fingerprint density at radius 3 is 2.95 bits per heavy atom. The van der Waals surface area contributed by atoms with Crippen LogP contribution in [-0.4, -0.2) is 16.5 Å².